The van der Waals surface area contributed by atoms with Crippen molar-refractivity contribution in [2.24, 2.45) is 7.05 Å². The first kappa shape index (κ1) is 16.4. The second kappa shape index (κ2) is 6.69. The van der Waals surface area contributed by atoms with Gasteiger partial charge in [0.1, 0.15) is 13.1 Å². The van der Waals surface area contributed by atoms with Gasteiger partial charge in [0, 0.05) is 24.4 Å². The number of carbonyl (C=O) groups excluding carboxylic acids is 1. The van der Waals surface area contributed by atoms with Crippen LogP contribution in [0.5, 0.6) is 0 Å². The number of aromatic nitrogens is 2. The van der Waals surface area contributed by atoms with Gasteiger partial charge in [-0.25, -0.2) is 0 Å². The molecule has 0 aliphatic rings. The summed E-state index contributed by atoms with van der Waals surface area (Å²) in [6.45, 7) is 2.28. The van der Waals surface area contributed by atoms with Crippen LogP contribution in [0.4, 0.5) is 0 Å². The summed E-state index contributed by atoms with van der Waals surface area (Å²) in [6.07, 6.45) is 2.67. The van der Waals surface area contributed by atoms with Gasteiger partial charge in [0.25, 0.3) is 0 Å². The van der Waals surface area contributed by atoms with Crippen LogP contribution in [0.25, 0.3) is 6.08 Å². The maximum absolute atomic E-state index is 11.9. The summed E-state index contributed by atoms with van der Waals surface area (Å²) in [5, 5.41) is 21.6. The second-order valence-electron chi connectivity index (χ2n) is 4.52. The number of hydrogen-bond donors (Lipinski definition) is 2. The van der Waals surface area contributed by atoms with E-state index in [0.29, 0.717) is 0 Å². The molecule has 8 heteroatoms. The van der Waals surface area contributed by atoms with Crippen LogP contribution in [0.3, 0.4) is 0 Å². The first-order chi connectivity index (χ1) is 9.72. The molecule has 1 aromatic heterocycles. The van der Waals surface area contributed by atoms with Crippen molar-refractivity contribution in [2.75, 3.05) is 13.1 Å². The molecule has 1 aromatic rings. The van der Waals surface area contributed by atoms with Gasteiger partial charge in [-0.3, -0.25) is 19.1 Å². The fraction of sp³-hybridized carbons (Fsp3) is 0.385. The number of hydrogen-bond acceptors (Lipinski definition) is 4. The van der Waals surface area contributed by atoms with Crippen LogP contribution in [0.1, 0.15) is 17.0 Å². The fourth-order valence-corrected chi connectivity index (χ4v) is 1.83. The van der Waals surface area contributed by atoms with E-state index in [0.717, 1.165) is 27.9 Å². The molecule has 0 aromatic carbocycles. The van der Waals surface area contributed by atoms with E-state index in [1.807, 2.05) is 6.92 Å². The highest BCUT2D eigenvalue weighted by Gasteiger charge is 2.17. The van der Waals surface area contributed by atoms with Crippen LogP contribution >= 0.6 is 0 Å². The highest BCUT2D eigenvalue weighted by molar-refractivity contribution is 5.95. The van der Waals surface area contributed by atoms with Crippen molar-refractivity contribution in [3.8, 4) is 0 Å². The van der Waals surface area contributed by atoms with E-state index in [2.05, 4.69) is 5.10 Å². The standard InChI is InChI=1S/C13H17N3O5/c1-8-10(9(2)15(3)14-8)4-5-11(17)16(6-12(18)19)7-13(20)21/h4-5H,6-7H2,1-3H3,(H,18,19)(H,20,21). The van der Waals surface area contributed by atoms with Gasteiger partial charge >= 0.3 is 11.9 Å². The Bertz CT molecular complexity index is 587. The molecular formula is C13H17N3O5. The van der Waals surface area contributed by atoms with Crippen LogP contribution in [0, 0.1) is 13.8 Å². The molecule has 1 heterocycles. The number of carboxylic acid groups (broad SMARTS) is 2. The lowest BCUT2D eigenvalue weighted by Gasteiger charge is -2.16. The van der Waals surface area contributed by atoms with Crippen molar-refractivity contribution >= 4 is 23.9 Å². The van der Waals surface area contributed by atoms with Gasteiger partial charge in [-0.15, -0.1) is 0 Å². The van der Waals surface area contributed by atoms with E-state index in [-0.39, 0.29) is 0 Å². The highest BCUT2D eigenvalue weighted by atomic mass is 16.4. The van der Waals surface area contributed by atoms with Crippen LogP contribution < -0.4 is 0 Å². The topological polar surface area (TPSA) is 113 Å². The summed E-state index contributed by atoms with van der Waals surface area (Å²) >= 11 is 0. The van der Waals surface area contributed by atoms with Crippen molar-refractivity contribution in [1.29, 1.82) is 0 Å². The van der Waals surface area contributed by atoms with Gasteiger partial charge < -0.3 is 15.1 Å². The molecule has 114 valence electrons. The first-order valence-electron chi connectivity index (χ1n) is 6.13. The second-order valence-corrected chi connectivity index (χ2v) is 4.52. The predicted octanol–water partition coefficient (Wildman–Crippen LogP) is 0.0479. The summed E-state index contributed by atoms with van der Waals surface area (Å²) in [5.74, 6) is -3.22. The van der Waals surface area contributed by atoms with Gasteiger partial charge in [0.05, 0.1) is 5.69 Å². The van der Waals surface area contributed by atoms with E-state index < -0.39 is 30.9 Å². The maximum atomic E-state index is 11.9. The normalized spacial score (nSPS) is 10.8. The summed E-state index contributed by atoms with van der Waals surface area (Å²) < 4.78 is 1.66. The highest BCUT2D eigenvalue weighted by Crippen LogP contribution is 2.13. The largest absolute Gasteiger partial charge is 0.480 e. The van der Waals surface area contributed by atoms with Crippen LogP contribution in [0.15, 0.2) is 6.08 Å². The molecule has 1 rings (SSSR count). The van der Waals surface area contributed by atoms with Gasteiger partial charge in [-0.2, -0.15) is 5.10 Å². The summed E-state index contributed by atoms with van der Waals surface area (Å²) in [4.78, 5) is 34.0. The molecule has 21 heavy (non-hydrogen) atoms. The lowest BCUT2D eigenvalue weighted by Crippen LogP contribution is -2.38. The van der Waals surface area contributed by atoms with Crippen molar-refractivity contribution in [2.45, 2.75) is 13.8 Å². The first-order valence-corrected chi connectivity index (χ1v) is 6.13. The van der Waals surface area contributed by atoms with Gasteiger partial charge in [0.15, 0.2) is 0 Å². The Balaban J connectivity index is 2.92. The monoisotopic (exact) mass is 295 g/mol. The van der Waals surface area contributed by atoms with E-state index in [1.165, 1.54) is 6.08 Å². The molecule has 0 atom stereocenters. The minimum Gasteiger partial charge on any atom is -0.480 e. The third-order valence-electron chi connectivity index (χ3n) is 2.92. The number of rotatable bonds is 6. The third-order valence-corrected chi connectivity index (χ3v) is 2.92. The smallest absolute Gasteiger partial charge is 0.323 e. The average Bonchev–Trinajstić information content (AvgIpc) is 2.59. The van der Waals surface area contributed by atoms with Gasteiger partial charge in [0.2, 0.25) is 5.91 Å². The number of carboxylic acids is 2. The minimum absolute atomic E-state index is 0.666. The molecule has 0 unspecified atom stereocenters. The SMILES string of the molecule is Cc1nn(C)c(C)c1C=CC(=O)N(CC(=O)O)CC(=O)O. The minimum atomic E-state index is -1.27. The van der Waals surface area contributed by atoms with Gasteiger partial charge in [-0.05, 0) is 19.9 Å². The van der Waals surface area contributed by atoms with Crippen molar-refractivity contribution in [3.63, 3.8) is 0 Å². The molecular weight excluding hydrogens is 278 g/mol. The van der Waals surface area contributed by atoms with Crippen LogP contribution in [-0.4, -0.2) is 55.8 Å². The quantitative estimate of drug-likeness (QED) is 0.717. The maximum Gasteiger partial charge on any atom is 0.323 e. The van der Waals surface area contributed by atoms with Crippen LogP contribution in [-0.2, 0) is 21.4 Å². The third kappa shape index (κ3) is 4.44. The molecule has 0 aliphatic heterocycles. The number of amides is 1. The fourth-order valence-electron chi connectivity index (χ4n) is 1.83. The predicted molar refractivity (Wildman–Crippen MR) is 73.6 cm³/mol. The summed E-state index contributed by atoms with van der Waals surface area (Å²) in [6, 6.07) is 0. The summed E-state index contributed by atoms with van der Waals surface area (Å²) in [7, 11) is 1.77. The zero-order valence-electron chi connectivity index (χ0n) is 12.0. The Labute approximate surface area is 121 Å². The van der Waals surface area contributed by atoms with E-state index >= 15 is 0 Å². The van der Waals surface area contributed by atoms with Gasteiger partial charge in [-0.1, -0.05) is 0 Å². The molecule has 0 aliphatic carbocycles. The molecule has 0 saturated heterocycles. The van der Waals surface area contributed by atoms with E-state index in [1.54, 1.807) is 18.7 Å². The molecule has 2 N–H and O–H groups in total. The molecule has 0 fully saturated rings. The van der Waals surface area contributed by atoms with Crippen molar-refractivity contribution < 1.29 is 24.6 Å². The number of nitrogens with zero attached hydrogens (tertiary/aromatic N) is 3. The van der Waals surface area contributed by atoms with Crippen LogP contribution in [0.2, 0.25) is 0 Å². The number of aryl methyl sites for hydroxylation is 2. The Morgan fingerprint density at radius 2 is 1.71 bits per heavy atom. The Morgan fingerprint density at radius 1 is 1.19 bits per heavy atom. The van der Waals surface area contributed by atoms with Crippen molar-refractivity contribution in [1.82, 2.24) is 14.7 Å². The molecule has 0 spiro atoms. The molecule has 1 amide bonds. The van der Waals surface area contributed by atoms with Crippen molar-refractivity contribution in [3.05, 3.63) is 23.0 Å². The van der Waals surface area contributed by atoms with E-state index in [9.17, 15) is 14.4 Å². The Morgan fingerprint density at radius 3 is 2.10 bits per heavy atom. The zero-order chi connectivity index (χ0) is 16.2. The molecule has 0 bridgehead atoms. The average molecular weight is 295 g/mol. The number of carbonyl (C=O) groups is 3. The lowest BCUT2D eigenvalue weighted by atomic mass is 10.2. The van der Waals surface area contributed by atoms with E-state index in [4.69, 9.17) is 10.2 Å². The summed E-state index contributed by atoms with van der Waals surface area (Å²) in [5.41, 5.74) is 2.32. The Hall–Kier alpha value is -2.64. The Kier molecular flexibility index (Phi) is 5.23. The molecule has 8 nitrogen and oxygen atoms in total. The molecule has 0 radical (unpaired) electrons. The zero-order valence-corrected chi connectivity index (χ0v) is 12.0. The number of aliphatic carboxylic acids is 2. The lowest BCUT2D eigenvalue weighted by molar-refractivity contribution is -0.147. The molecule has 0 saturated carbocycles.